The molecule has 4 rings (SSSR count). The lowest BCUT2D eigenvalue weighted by Gasteiger charge is -2.20. The van der Waals surface area contributed by atoms with Crippen LogP contribution in [0, 0.1) is 12.7 Å². The fourth-order valence-electron chi connectivity index (χ4n) is 3.77. The number of rotatable bonds is 10. The molecule has 2 heterocycles. The molecule has 0 saturated carbocycles. The van der Waals surface area contributed by atoms with Crippen LogP contribution in [0.2, 0.25) is 0 Å². The van der Waals surface area contributed by atoms with Crippen LogP contribution < -0.4 is 10.6 Å². The van der Waals surface area contributed by atoms with Crippen molar-refractivity contribution in [3.63, 3.8) is 0 Å². The standard InChI is InChI=1S/C25H26FN5O2S/c1-3-17-12-19(26)10-15(2)23(17)31-20(24(32)33)11-16-4-6-18(7-5-16)21-14-34-22(30-21)13-29-25-27-8-9-28-25/h4-10,12,14,20,31H,3,11,13H2,1-2H3,(H,32,33)(H2,27,28,29). The molecule has 0 bridgehead atoms. The summed E-state index contributed by atoms with van der Waals surface area (Å²) in [6, 6.07) is 9.79. The van der Waals surface area contributed by atoms with Gasteiger partial charge in [0.1, 0.15) is 16.9 Å². The summed E-state index contributed by atoms with van der Waals surface area (Å²) in [6.45, 7) is 4.28. The molecule has 1 unspecified atom stereocenters. The molecule has 0 aliphatic heterocycles. The molecule has 0 aliphatic carbocycles. The van der Waals surface area contributed by atoms with Gasteiger partial charge in [0, 0.05) is 35.4 Å². The van der Waals surface area contributed by atoms with E-state index in [4.69, 9.17) is 0 Å². The average molecular weight is 480 g/mol. The minimum absolute atomic E-state index is 0.297. The zero-order valence-electron chi connectivity index (χ0n) is 18.9. The second-order valence-electron chi connectivity index (χ2n) is 7.96. The van der Waals surface area contributed by atoms with E-state index < -0.39 is 12.0 Å². The molecule has 4 aromatic rings. The quantitative estimate of drug-likeness (QED) is 0.247. The van der Waals surface area contributed by atoms with Gasteiger partial charge < -0.3 is 20.7 Å². The van der Waals surface area contributed by atoms with Crippen LogP contribution in [0.1, 0.15) is 28.6 Å². The fraction of sp³-hybridized carbons (Fsp3) is 0.240. The highest BCUT2D eigenvalue weighted by molar-refractivity contribution is 7.09. The second kappa shape index (κ2) is 10.5. The van der Waals surface area contributed by atoms with E-state index in [1.807, 2.05) is 36.6 Å². The van der Waals surface area contributed by atoms with Gasteiger partial charge in [0.15, 0.2) is 5.95 Å². The Morgan fingerprint density at radius 1 is 1.26 bits per heavy atom. The van der Waals surface area contributed by atoms with Crippen molar-refractivity contribution in [3.05, 3.63) is 81.7 Å². The van der Waals surface area contributed by atoms with Crippen LogP contribution in [0.3, 0.4) is 0 Å². The monoisotopic (exact) mass is 479 g/mol. The van der Waals surface area contributed by atoms with Crippen LogP contribution in [-0.4, -0.2) is 32.1 Å². The van der Waals surface area contributed by atoms with Gasteiger partial charge in [-0.1, -0.05) is 31.2 Å². The molecule has 0 aliphatic rings. The number of hydrogen-bond donors (Lipinski definition) is 4. The molecule has 9 heteroatoms. The number of nitrogens with one attached hydrogen (secondary N) is 3. The van der Waals surface area contributed by atoms with Crippen LogP contribution in [0.4, 0.5) is 16.0 Å². The van der Waals surface area contributed by atoms with Crippen molar-refractivity contribution < 1.29 is 14.3 Å². The lowest BCUT2D eigenvalue weighted by atomic mass is 10.0. The number of aryl methyl sites for hydroxylation is 2. The van der Waals surface area contributed by atoms with Gasteiger partial charge in [-0.3, -0.25) is 0 Å². The smallest absolute Gasteiger partial charge is 0.326 e. The van der Waals surface area contributed by atoms with Gasteiger partial charge in [-0.15, -0.1) is 11.3 Å². The summed E-state index contributed by atoms with van der Waals surface area (Å²) in [5, 5.41) is 19.0. The maximum atomic E-state index is 13.8. The summed E-state index contributed by atoms with van der Waals surface area (Å²) < 4.78 is 13.8. The number of carbonyl (C=O) groups is 1. The molecule has 176 valence electrons. The number of carboxylic acid groups (broad SMARTS) is 1. The Morgan fingerprint density at radius 2 is 2.06 bits per heavy atom. The highest BCUT2D eigenvalue weighted by Gasteiger charge is 2.20. The first kappa shape index (κ1) is 23.4. The number of imidazole rings is 1. The highest BCUT2D eigenvalue weighted by Crippen LogP contribution is 2.26. The number of H-pyrrole nitrogens is 1. The third-order valence-electron chi connectivity index (χ3n) is 5.53. The first-order chi connectivity index (χ1) is 16.4. The van der Waals surface area contributed by atoms with E-state index in [2.05, 4.69) is 25.6 Å². The average Bonchev–Trinajstić information content (AvgIpc) is 3.51. The minimum atomic E-state index is -0.956. The van der Waals surface area contributed by atoms with Crippen molar-refractivity contribution in [1.29, 1.82) is 0 Å². The van der Waals surface area contributed by atoms with Crippen LogP contribution in [-0.2, 0) is 24.2 Å². The predicted octanol–water partition coefficient (Wildman–Crippen LogP) is 5.26. The molecular weight excluding hydrogens is 453 g/mol. The van der Waals surface area contributed by atoms with Crippen molar-refractivity contribution in [3.8, 4) is 11.3 Å². The molecule has 0 radical (unpaired) electrons. The van der Waals surface area contributed by atoms with Gasteiger partial charge >= 0.3 is 5.97 Å². The molecule has 0 fully saturated rings. The Hall–Kier alpha value is -3.72. The topological polar surface area (TPSA) is 103 Å². The third kappa shape index (κ3) is 5.60. The largest absolute Gasteiger partial charge is 0.480 e. The molecule has 0 spiro atoms. The van der Waals surface area contributed by atoms with E-state index in [-0.39, 0.29) is 5.82 Å². The zero-order valence-corrected chi connectivity index (χ0v) is 19.7. The van der Waals surface area contributed by atoms with E-state index in [0.717, 1.165) is 27.4 Å². The maximum absolute atomic E-state index is 13.8. The normalized spacial score (nSPS) is 11.9. The Bertz CT molecular complexity index is 1260. The van der Waals surface area contributed by atoms with Gasteiger partial charge in [-0.25, -0.2) is 19.2 Å². The summed E-state index contributed by atoms with van der Waals surface area (Å²) in [7, 11) is 0. The van der Waals surface area contributed by atoms with E-state index >= 15 is 0 Å². The van der Waals surface area contributed by atoms with Crippen LogP contribution in [0.25, 0.3) is 11.3 Å². The summed E-state index contributed by atoms with van der Waals surface area (Å²) in [4.78, 5) is 23.8. The lowest BCUT2D eigenvalue weighted by Crippen LogP contribution is -2.32. The zero-order chi connectivity index (χ0) is 24.1. The van der Waals surface area contributed by atoms with E-state index in [9.17, 15) is 14.3 Å². The number of hydrogen-bond acceptors (Lipinski definition) is 6. The molecule has 2 aromatic heterocycles. The van der Waals surface area contributed by atoms with Crippen LogP contribution in [0.15, 0.2) is 54.2 Å². The Morgan fingerprint density at radius 3 is 2.74 bits per heavy atom. The van der Waals surface area contributed by atoms with E-state index in [0.29, 0.717) is 36.6 Å². The van der Waals surface area contributed by atoms with Crippen molar-refractivity contribution in [2.75, 3.05) is 10.6 Å². The number of aromatic nitrogens is 3. The second-order valence-corrected chi connectivity index (χ2v) is 8.91. The summed E-state index contributed by atoms with van der Waals surface area (Å²) in [5.74, 6) is -0.572. The number of thiazole rings is 1. The van der Waals surface area contributed by atoms with Gasteiger partial charge in [0.05, 0.1) is 12.2 Å². The van der Waals surface area contributed by atoms with Crippen molar-refractivity contribution >= 4 is 28.9 Å². The Kier molecular flexibility index (Phi) is 7.22. The summed E-state index contributed by atoms with van der Waals surface area (Å²) in [5.41, 5.74) is 4.86. The number of aromatic amines is 1. The summed E-state index contributed by atoms with van der Waals surface area (Å²) in [6.07, 6.45) is 4.34. The number of anilines is 2. The maximum Gasteiger partial charge on any atom is 0.326 e. The number of nitrogens with zero attached hydrogens (tertiary/aromatic N) is 2. The van der Waals surface area contributed by atoms with Gasteiger partial charge in [-0.2, -0.15) is 0 Å². The molecular formula is C25H26FN5O2S. The molecule has 0 amide bonds. The molecule has 34 heavy (non-hydrogen) atoms. The van der Waals surface area contributed by atoms with Crippen molar-refractivity contribution in [2.24, 2.45) is 0 Å². The molecule has 0 saturated heterocycles. The number of carboxylic acids is 1. The van der Waals surface area contributed by atoms with Gasteiger partial charge in [0.2, 0.25) is 0 Å². The van der Waals surface area contributed by atoms with Crippen LogP contribution >= 0.6 is 11.3 Å². The van der Waals surface area contributed by atoms with Crippen LogP contribution in [0.5, 0.6) is 0 Å². The van der Waals surface area contributed by atoms with Gasteiger partial charge in [0.25, 0.3) is 0 Å². The summed E-state index contributed by atoms with van der Waals surface area (Å²) >= 11 is 1.56. The predicted molar refractivity (Wildman–Crippen MR) is 133 cm³/mol. The molecule has 7 nitrogen and oxygen atoms in total. The van der Waals surface area contributed by atoms with Crippen molar-refractivity contribution in [1.82, 2.24) is 15.0 Å². The number of halogens is 1. The van der Waals surface area contributed by atoms with E-state index in [1.54, 1.807) is 30.7 Å². The Labute approximate surface area is 201 Å². The number of aliphatic carboxylic acids is 1. The SMILES string of the molecule is CCc1cc(F)cc(C)c1NC(Cc1ccc(-c2csc(CNc3ncc[nH]3)n2)cc1)C(=O)O. The first-order valence-electron chi connectivity index (χ1n) is 11.0. The third-order valence-corrected chi connectivity index (χ3v) is 6.37. The first-order valence-corrected chi connectivity index (χ1v) is 11.9. The molecule has 2 aromatic carbocycles. The minimum Gasteiger partial charge on any atom is -0.480 e. The lowest BCUT2D eigenvalue weighted by molar-refractivity contribution is -0.137. The molecule has 4 N–H and O–H groups in total. The highest BCUT2D eigenvalue weighted by atomic mass is 32.1. The van der Waals surface area contributed by atoms with E-state index in [1.165, 1.54) is 12.1 Å². The van der Waals surface area contributed by atoms with Gasteiger partial charge in [-0.05, 0) is 42.2 Å². The number of benzene rings is 2. The molecule has 1 atom stereocenters. The Balaban J connectivity index is 1.43. The van der Waals surface area contributed by atoms with Crippen molar-refractivity contribution in [2.45, 2.75) is 39.3 Å². The fourth-order valence-corrected chi connectivity index (χ4v) is 4.51.